The first kappa shape index (κ1) is 29.3. The van der Waals surface area contributed by atoms with E-state index in [0.717, 1.165) is 12.8 Å². The summed E-state index contributed by atoms with van der Waals surface area (Å²) < 4.78 is 8.47. The van der Waals surface area contributed by atoms with E-state index in [2.05, 4.69) is 16.4 Å². The van der Waals surface area contributed by atoms with Gasteiger partial charge in [-0.3, -0.25) is 0 Å². The molecule has 6 nitrogen and oxygen atoms in total. The fourth-order valence-corrected chi connectivity index (χ4v) is 0.254. The molecule has 0 aliphatic rings. The van der Waals surface area contributed by atoms with Crippen LogP contribution >= 0.6 is 0 Å². The van der Waals surface area contributed by atoms with E-state index < -0.39 is 6.48 Å². The third kappa shape index (κ3) is 39.2. The van der Waals surface area contributed by atoms with Crippen molar-refractivity contribution in [3.8, 4) is 0 Å². The summed E-state index contributed by atoms with van der Waals surface area (Å²) >= 11 is 0. The third-order valence-corrected chi connectivity index (χ3v) is 0.915. The Balaban J connectivity index is -0.0000000321. The smallest absolute Gasteiger partial charge is 0.268 e. The van der Waals surface area contributed by atoms with Gasteiger partial charge in [0, 0.05) is 42.5 Å². The fraction of sp³-hybridized carbons (Fsp3) is 1.00. The van der Waals surface area contributed by atoms with Gasteiger partial charge in [0.2, 0.25) is 0 Å². The van der Waals surface area contributed by atoms with E-state index in [4.69, 9.17) is 10.2 Å². The largest absolute Gasteiger partial charge is 0.870 e. The molecule has 0 fully saturated rings. The second-order valence-corrected chi connectivity index (χ2v) is 1.86. The van der Waals surface area contributed by atoms with Crippen molar-refractivity contribution >= 4 is 0 Å². The molecule has 0 heterocycles. The maximum atomic E-state index is 8.22. The number of unbranched alkanes of at least 4 members (excludes halogenated alkanes) is 1. The second kappa shape index (κ2) is 29.2. The predicted octanol–water partition coefficient (Wildman–Crippen LogP) is -0.0222. The first-order valence-electron chi connectivity index (χ1n) is 3.57. The maximum absolute atomic E-state index is 8.22. The van der Waals surface area contributed by atoms with Crippen LogP contribution in [0, 0.1) is 0 Å². The van der Waals surface area contributed by atoms with Crippen molar-refractivity contribution < 1.29 is 52.4 Å². The molecule has 7 heteroatoms. The van der Waals surface area contributed by atoms with E-state index in [1.165, 1.54) is 14.2 Å². The number of hydrogen-bond acceptors (Lipinski definition) is 6. The van der Waals surface area contributed by atoms with Crippen molar-refractivity contribution in [3.05, 3.63) is 0 Å². The molecule has 90 valence electrons. The Morgan fingerprint density at radius 2 is 1.50 bits per heavy atom. The molecule has 0 aromatic heterocycles. The van der Waals surface area contributed by atoms with Crippen LogP contribution in [0.4, 0.5) is 0 Å². The Labute approximate surface area is 99.7 Å². The third-order valence-electron chi connectivity index (χ3n) is 0.915. The van der Waals surface area contributed by atoms with Crippen LogP contribution in [0.2, 0.25) is 0 Å². The van der Waals surface area contributed by atoms with Crippen LogP contribution in [0.15, 0.2) is 0 Å². The Bertz CT molecular complexity index is 60.1. The van der Waals surface area contributed by atoms with Gasteiger partial charge in [-0.1, -0.05) is 13.3 Å². The number of aliphatic hydroxyl groups excluding tert-OH is 2. The van der Waals surface area contributed by atoms with Gasteiger partial charge in [0.05, 0.1) is 0 Å². The molecule has 14 heavy (non-hydrogen) atoms. The number of aliphatic hydroxyl groups is 2. The summed E-state index contributed by atoms with van der Waals surface area (Å²) in [6.07, 6.45) is 2.04. The quantitative estimate of drug-likeness (QED) is 0.532. The molecule has 0 amide bonds. The second-order valence-electron chi connectivity index (χ2n) is 1.86. The maximum Gasteiger partial charge on any atom is 0.268 e. The van der Waals surface area contributed by atoms with Gasteiger partial charge in [-0.05, 0) is 6.42 Å². The number of ether oxygens (including phenoxy) is 2. The van der Waals surface area contributed by atoms with Crippen molar-refractivity contribution in [2.45, 2.75) is 26.2 Å². The van der Waals surface area contributed by atoms with Crippen molar-refractivity contribution in [2.24, 2.45) is 0 Å². The molecular weight excluding hydrogens is 228 g/mol. The zero-order chi connectivity index (χ0) is 9.11. The summed E-state index contributed by atoms with van der Waals surface area (Å²) in [7, 11) is 2.71. The van der Waals surface area contributed by atoms with Crippen LogP contribution in [0.25, 0.3) is 0 Å². The Kier molecular flexibility index (Phi) is 61.1. The standard InChI is InChI=1S/C4H10O.C3H8O3.2H2O.Ti/c1-2-3-4-5;1-5-3(4)6-2;;;/h5H,2-4H2,1H3;3-4H,1-2H3;2*1H2;/p-2. The molecule has 4 N–H and O–H groups in total. The minimum Gasteiger partial charge on any atom is -0.870 e. The summed E-state index contributed by atoms with van der Waals surface area (Å²) in [5, 5.41) is 16.3. The zero-order valence-electron chi connectivity index (χ0n) is 8.80. The van der Waals surface area contributed by atoms with Crippen LogP contribution in [0.5, 0.6) is 0 Å². The van der Waals surface area contributed by atoms with Crippen molar-refractivity contribution in [1.29, 1.82) is 0 Å². The minimum absolute atomic E-state index is 0. The van der Waals surface area contributed by atoms with Crippen LogP contribution in [-0.2, 0) is 31.2 Å². The van der Waals surface area contributed by atoms with Gasteiger partial charge in [-0.25, -0.2) is 0 Å². The van der Waals surface area contributed by atoms with Gasteiger partial charge in [0.1, 0.15) is 0 Å². The Morgan fingerprint density at radius 3 is 1.50 bits per heavy atom. The first-order chi connectivity index (χ1) is 5.22. The average molecular weight is 248 g/mol. The van der Waals surface area contributed by atoms with Crippen LogP contribution in [-0.4, -0.2) is 48.5 Å². The van der Waals surface area contributed by atoms with Gasteiger partial charge in [0.15, 0.2) is 0 Å². The van der Waals surface area contributed by atoms with Gasteiger partial charge in [-0.15, -0.1) is 0 Å². The molecular formula is C7H20O6Ti-2. The molecule has 0 saturated carbocycles. The predicted molar refractivity (Wildman–Crippen MR) is 45.9 cm³/mol. The van der Waals surface area contributed by atoms with Crippen LogP contribution in [0.1, 0.15) is 19.8 Å². The van der Waals surface area contributed by atoms with Crippen molar-refractivity contribution in [1.82, 2.24) is 0 Å². The average Bonchev–Trinajstić information content (AvgIpc) is 2.06. The van der Waals surface area contributed by atoms with Crippen LogP contribution in [0.3, 0.4) is 0 Å². The zero-order valence-corrected chi connectivity index (χ0v) is 10.4. The van der Waals surface area contributed by atoms with E-state index in [9.17, 15) is 0 Å². The summed E-state index contributed by atoms with van der Waals surface area (Å²) in [6, 6.07) is 0. The molecule has 0 aromatic carbocycles. The molecule has 0 atom stereocenters. The molecule has 0 bridgehead atoms. The molecule has 0 aliphatic heterocycles. The fourth-order valence-electron chi connectivity index (χ4n) is 0.254. The van der Waals surface area contributed by atoms with E-state index in [1.54, 1.807) is 0 Å². The summed E-state index contributed by atoms with van der Waals surface area (Å²) in [6.45, 7) is 1.33. The summed E-state index contributed by atoms with van der Waals surface area (Å²) in [4.78, 5) is 0. The molecule has 0 saturated heterocycles. The molecule has 0 aliphatic carbocycles. The molecule has 0 spiro atoms. The number of methoxy groups -OCH3 is 2. The summed E-state index contributed by atoms with van der Waals surface area (Å²) in [5.74, 6) is 0. The normalized spacial score (nSPS) is 7.29. The summed E-state index contributed by atoms with van der Waals surface area (Å²) in [5.41, 5.74) is 0. The number of hydrogen-bond donors (Lipinski definition) is 2. The van der Waals surface area contributed by atoms with Crippen LogP contribution < -0.4 is 0 Å². The minimum atomic E-state index is -1.06. The van der Waals surface area contributed by atoms with E-state index in [0.29, 0.717) is 6.61 Å². The van der Waals surface area contributed by atoms with Crippen molar-refractivity contribution in [3.63, 3.8) is 0 Å². The van der Waals surface area contributed by atoms with E-state index >= 15 is 0 Å². The van der Waals surface area contributed by atoms with Crippen molar-refractivity contribution in [2.75, 3.05) is 20.8 Å². The molecule has 0 rings (SSSR count). The van der Waals surface area contributed by atoms with E-state index in [1.807, 2.05) is 0 Å². The Hall–Kier alpha value is 0.474. The van der Waals surface area contributed by atoms with E-state index in [-0.39, 0.29) is 32.7 Å². The van der Waals surface area contributed by atoms with Gasteiger partial charge >= 0.3 is 0 Å². The molecule has 0 radical (unpaired) electrons. The van der Waals surface area contributed by atoms with Gasteiger partial charge < -0.3 is 30.6 Å². The molecule has 0 unspecified atom stereocenters. The molecule has 0 aromatic rings. The van der Waals surface area contributed by atoms with Gasteiger partial charge in [-0.2, -0.15) is 0 Å². The monoisotopic (exact) mass is 248 g/mol. The SMILES string of the molecule is CCCCO.COC(O)OC.[OH-].[OH-].[Ti]. The Morgan fingerprint density at radius 1 is 1.14 bits per heavy atom. The first-order valence-corrected chi connectivity index (χ1v) is 3.57. The topological polar surface area (TPSA) is 119 Å². The van der Waals surface area contributed by atoms with Gasteiger partial charge in [0.25, 0.3) is 6.48 Å². The number of rotatable bonds is 4.